The third-order valence-electron chi connectivity index (χ3n) is 2.44. The van der Waals surface area contributed by atoms with Crippen LogP contribution in [0.15, 0.2) is 0 Å². The van der Waals surface area contributed by atoms with Gasteiger partial charge in [0, 0.05) is 5.33 Å². The minimum Gasteiger partial charge on any atom is -0.0928 e. The van der Waals surface area contributed by atoms with Gasteiger partial charge in [0.15, 0.2) is 0 Å². The van der Waals surface area contributed by atoms with Crippen LogP contribution in [-0.4, -0.2) is 5.33 Å². The Morgan fingerprint density at radius 3 is 2.08 bits per heavy atom. The van der Waals surface area contributed by atoms with Gasteiger partial charge in [-0.1, -0.05) is 56.0 Å². The van der Waals surface area contributed by atoms with Crippen molar-refractivity contribution >= 4 is 15.9 Å². The second kappa shape index (κ2) is 6.94. The van der Waals surface area contributed by atoms with Crippen LogP contribution in [0.25, 0.3) is 0 Å². The lowest BCUT2D eigenvalue weighted by Gasteiger charge is -2.23. The maximum absolute atomic E-state index is 3.48. The van der Waals surface area contributed by atoms with Crippen LogP contribution in [0.1, 0.15) is 59.3 Å². The van der Waals surface area contributed by atoms with Crippen molar-refractivity contribution in [2.75, 3.05) is 5.33 Å². The Balaban J connectivity index is 3.42. The van der Waals surface area contributed by atoms with Crippen LogP contribution in [0.2, 0.25) is 0 Å². The first-order valence-electron chi connectivity index (χ1n) is 5.18. The first-order chi connectivity index (χ1) is 5.62. The SMILES string of the molecule is CCCCCC(C)(C)CCCBr. The van der Waals surface area contributed by atoms with E-state index in [2.05, 4.69) is 36.7 Å². The first-order valence-corrected chi connectivity index (χ1v) is 6.30. The molecule has 0 radical (unpaired) electrons. The van der Waals surface area contributed by atoms with Crippen molar-refractivity contribution in [3.63, 3.8) is 0 Å². The fourth-order valence-electron chi connectivity index (χ4n) is 1.52. The molecular formula is C11H23Br. The average molecular weight is 235 g/mol. The molecule has 0 rings (SSSR count). The van der Waals surface area contributed by atoms with Gasteiger partial charge in [0.2, 0.25) is 0 Å². The molecule has 0 aliphatic rings. The topological polar surface area (TPSA) is 0 Å². The summed E-state index contributed by atoms with van der Waals surface area (Å²) in [6.07, 6.45) is 8.23. The second-order valence-electron chi connectivity index (χ2n) is 4.41. The van der Waals surface area contributed by atoms with Crippen LogP contribution in [-0.2, 0) is 0 Å². The van der Waals surface area contributed by atoms with E-state index >= 15 is 0 Å². The van der Waals surface area contributed by atoms with Gasteiger partial charge in [-0.15, -0.1) is 0 Å². The van der Waals surface area contributed by atoms with E-state index < -0.39 is 0 Å². The van der Waals surface area contributed by atoms with Crippen LogP contribution in [0.4, 0.5) is 0 Å². The summed E-state index contributed by atoms with van der Waals surface area (Å²) in [4.78, 5) is 0. The molecule has 0 N–H and O–H groups in total. The van der Waals surface area contributed by atoms with Gasteiger partial charge in [-0.2, -0.15) is 0 Å². The van der Waals surface area contributed by atoms with Crippen molar-refractivity contribution in [3.8, 4) is 0 Å². The van der Waals surface area contributed by atoms with Crippen LogP contribution in [0.5, 0.6) is 0 Å². The molecule has 0 saturated carbocycles. The Morgan fingerprint density at radius 1 is 1.00 bits per heavy atom. The van der Waals surface area contributed by atoms with Crippen molar-refractivity contribution < 1.29 is 0 Å². The molecule has 0 spiro atoms. The molecule has 0 aliphatic carbocycles. The van der Waals surface area contributed by atoms with Gasteiger partial charge < -0.3 is 0 Å². The summed E-state index contributed by atoms with van der Waals surface area (Å²) in [6.45, 7) is 7.06. The van der Waals surface area contributed by atoms with Crippen LogP contribution in [0, 0.1) is 5.41 Å². The maximum Gasteiger partial charge on any atom is 0.00315 e. The van der Waals surface area contributed by atoms with Crippen LogP contribution < -0.4 is 0 Å². The molecule has 12 heavy (non-hydrogen) atoms. The minimum atomic E-state index is 0.572. The fourth-order valence-corrected chi connectivity index (χ4v) is 1.80. The third kappa shape index (κ3) is 7.15. The van der Waals surface area contributed by atoms with Crippen molar-refractivity contribution in [3.05, 3.63) is 0 Å². The largest absolute Gasteiger partial charge is 0.0928 e. The molecule has 0 amide bonds. The molecule has 0 atom stereocenters. The number of alkyl halides is 1. The highest BCUT2D eigenvalue weighted by Crippen LogP contribution is 2.29. The fraction of sp³-hybridized carbons (Fsp3) is 1.00. The van der Waals surface area contributed by atoms with E-state index in [4.69, 9.17) is 0 Å². The zero-order valence-corrected chi connectivity index (χ0v) is 10.4. The number of halogens is 1. The lowest BCUT2D eigenvalue weighted by Crippen LogP contribution is -2.11. The summed E-state index contributed by atoms with van der Waals surface area (Å²) in [5.74, 6) is 0. The third-order valence-corrected chi connectivity index (χ3v) is 3.01. The van der Waals surface area contributed by atoms with Crippen molar-refractivity contribution in [2.24, 2.45) is 5.41 Å². The second-order valence-corrected chi connectivity index (χ2v) is 5.21. The predicted molar refractivity (Wildman–Crippen MR) is 61.0 cm³/mol. The number of unbranched alkanes of at least 4 members (excludes halogenated alkanes) is 2. The zero-order chi connectivity index (χ0) is 9.45. The Kier molecular flexibility index (Phi) is 7.22. The standard InChI is InChI=1S/C11H23Br/c1-4-5-6-8-11(2,3)9-7-10-12/h4-10H2,1-3H3. The van der Waals surface area contributed by atoms with E-state index in [1.807, 2.05) is 0 Å². The minimum absolute atomic E-state index is 0.572. The number of rotatable bonds is 7. The molecule has 0 unspecified atom stereocenters. The lowest BCUT2D eigenvalue weighted by atomic mass is 9.83. The average Bonchev–Trinajstić information content (AvgIpc) is 2.01. The van der Waals surface area contributed by atoms with Gasteiger partial charge in [0.25, 0.3) is 0 Å². The van der Waals surface area contributed by atoms with Crippen LogP contribution in [0.3, 0.4) is 0 Å². The van der Waals surface area contributed by atoms with Crippen molar-refractivity contribution in [1.29, 1.82) is 0 Å². The summed E-state index contributed by atoms with van der Waals surface area (Å²) < 4.78 is 0. The Labute approximate surface area is 86.3 Å². The monoisotopic (exact) mass is 234 g/mol. The van der Waals surface area contributed by atoms with E-state index in [0.717, 1.165) is 5.33 Å². The molecule has 1 heteroatoms. The van der Waals surface area contributed by atoms with Gasteiger partial charge >= 0.3 is 0 Å². The molecule has 74 valence electrons. The van der Waals surface area contributed by atoms with Crippen molar-refractivity contribution in [1.82, 2.24) is 0 Å². The number of hydrogen-bond acceptors (Lipinski definition) is 0. The zero-order valence-electron chi connectivity index (χ0n) is 8.83. The van der Waals surface area contributed by atoms with Gasteiger partial charge in [0.1, 0.15) is 0 Å². The van der Waals surface area contributed by atoms with Gasteiger partial charge in [-0.3, -0.25) is 0 Å². The molecule has 0 aromatic rings. The highest BCUT2D eigenvalue weighted by molar-refractivity contribution is 9.09. The van der Waals surface area contributed by atoms with E-state index in [0.29, 0.717) is 5.41 Å². The van der Waals surface area contributed by atoms with Crippen LogP contribution >= 0.6 is 15.9 Å². The summed E-state index contributed by atoms with van der Waals surface area (Å²) in [5.41, 5.74) is 0.572. The smallest absolute Gasteiger partial charge is 0.00315 e. The van der Waals surface area contributed by atoms with E-state index in [1.165, 1.54) is 38.5 Å². The Morgan fingerprint density at radius 2 is 1.58 bits per heavy atom. The van der Waals surface area contributed by atoms with Crippen molar-refractivity contribution in [2.45, 2.75) is 59.3 Å². The Bertz CT molecular complexity index is 97.2. The predicted octanol–water partition coefficient (Wildman–Crippen LogP) is 4.77. The van der Waals surface area contributed by atoms with E-state index in [-0.39, 0.29) is 0 Å². The lowest BCUT2D eigenvalue weighted by molar-refractivity contribution is 0.294. The highest BCUT2D eigenvalue weighted by Gasteiger charge is 2.15. The first kappa shape index (κ1) is 12.5. The number of hydrogen-bond donors (Lipinski definition) is 0. The van der Waals surface area contributed by atoms with E-state index in [1.54, 1.807) is 0 Å². The molecule has 0 nitrogen and oxygen atoms in total. The van der Waals surface area contributed by atoms with Gasteiger partial charge in [0.05, 0.1) is 0 Å². The summed E-state index contributed by atoms with van der Waals surface area (Å²) in [7, 11) is 0. The Hall–Kier alpha value is 0.480. The molecule has 0 bridgehead atoms. The summed E-state index contributed by atoms with van der Waals surface area (Å²) in [6, 6.07) is 0. The quantitative estimate of drug-likeness (QED) is 0.440. The van der Waals surface area contributed by atoms with E-state index in [9.17, 15) is 0 Å². The summed E-state index contributed by atoms with van der Waals surface area (Å²) in [5, 5.41) is 1.16. The maximum atomic E-state index is 3.48. The molecule has 0 saturated heterocycles. The molecule has 0 aromatic carbocycles. The summed E-state index contributed by atoms with van der Waals surface area (Å²) >= 11 is 3.48. The highest BCUT2D eigenvalue weighted by atomic mass is 79.9. The molecule has 0 fully saturated rings. The normalized spacial score (nSPS) is 12.0. The molecule has 0 aliphatic heterocycles. The molecular weight excluding hydrogens is 212 g/mol. The van der Waals surface area contributed by atoms with Gasteiger partial charge in [-0.25, -0.2) is 0 Å². The molecule has 0 aromatic heterocycles. The van der Waals surface area contributed by atoms with Gasteiger partial charge in [-0.05, 0) is 24.7 Å². The molecule has 0 heterocycles.